The largest absolute Gasteiger partial charge is 0.444 e. The van der Waals surface area contributed by atoms with Crippen LogP contribution in [0.3, 0.4) is 0 Å². The van der Waals surface area contributed by atoms with Crippen LogP contribution >= 0.6 is 12.2 Å². The number of carbonyl (C=O) groups excluding carboxylic acids is 1. The first-order chi connectivity index (χ1) is 9.80. The van der Waals surface area contributed by atoms with E-state index in [0.29, 0.717) is 6.42 Å². The molecule has 1 atom stereocenters. The Kier molecular flexibility index (Phi) is 6.58. The molecule has 0 saturated heterocycles. The van der Waals surface area contributed by atoms with E-state index in [1.165, 1.54) is 0 Å². The second-order valence-corrected chi connectivity index (χ2v) is 6.08. The first-order valence-electron chi connectivity index (χ1n) is 6.75. The molecule has 0 aliphatic rings. The lowest BCUT2D eigenvalue weighted by Crippen LogP contribution is -2.47. The van der Waals surface area contributed by atoms with Crippen molar-refractivity contribution in [1.29, 1.82) is 0 Å². The van der Waals surface area contributed by atoms with Crippen LogP contribution in [0.1, 0.15) is 26.3 Å². The molecule has 0 radical (unpaired) electrons. The second kappa shape index (κ2) is 7.95. The van der Waals surface area contributed by atoms with Gasteiger partial charge < -0.3 is 15.2 Å². The third-order valence-electron chi connectivity index (χ3n) is 2.50. The summed E-state index contributed by atoms with van der Waals surface area (Å²) in [4.78, 5) is 11.6. The van der Waals surface area contributed by atoms with E-state index in [1.54, 1.807) is 20.8 Å². The molecule has 0 unspecified atom stereocenters. The topological polar surface area (TPSA) is 70.6 Å². The summed E-state index contributed by atoms with van der Waals surface area (Å²) in [6.45, 7) is 5.23. The van der Waals surface area contributed by atoms with Gasteiger partial charge in [-0.1, -0.05) is 30.3 Å². The molecule has 0 aromatic heterocycles. The number of carbonyl (C=O) groups is 1. The number of aliphatic hydroxyl groups is 1. The van der Waals surface area contributed by atoms with Gasteiger partial charge in [-0.15, -0.1) is 0 Å². The molecule has 0 aliphatic carbocycles. The van der Waals surface area contributed by atoms with E-state index in [4.69, 9.17) is 17.0 Å². The number of rotatable bonds is 4. The third-order valence-corrected chi connectivity index (χ3v) is 2.71. The number of thiocarbonyl (C=S) groups is 1. The highest BCUT2D eigenvalue weighted by atomic mass is 32.1. The molecule has 0 fully saturated rings. The zero-order valence-corrected chi connectivity index (χ0v) is 13.4. The number of alkyl carbamates (subject to hydrolysis) is 1. The molecular weight excluding hydrogens is 288 g/mol. The van der Waals surface area contributed by atoms with E-state index in [1.807, 2.05) is 30.3 Å². The molecule has 1 aromatic carbocycles. The fourth-order valence-corrected chi connectivity index (χ4v) is 1.93. The molecule has 6 heteroatoms. The van der Waals surface area contributed by atoms with Gasteiger partial charge in [-0.25, -0.2) is 4.79 Å². The average Bonchev–Trinajstić information content (AvgIpc) is 2.36. The predicted molar refractivity (Wildman–Crippen MR) is 86.1 cm³/mol. The van der Waals surface area contributed by atoms with Crippen LogP contribution in [0.25, 0.3) is 0 Å². The lowest BCUT2D eigenvalue weighted by Gasteiger charge is -2.22. The zero-order valence-electron chi connectivity index (χ0n) is 12.6. The monoisotopic (exact) mass is 310 g/mol. The second-order valence-electron chi connectivity index (χ2n) is 5.67. The maximum atomic E-state index is 11.6. The highest BCUT2D eigenvalue weighted by Crippen LogP contribution is 2.06. The summed E-state index contributed by atoms with van der Waals surface area (Å²) in [5, 5.41) is 14.9. The summed E-state index contributed by atoms with van der Waals surface area (Å²) in [6.07, 6.45) is -0.00980. The van der Waals surface area contributed by atoms with Crippen molar-refractivity contribution in [1.82, 2.24) is 10.6 Å². The molecule has 5 nitrogen and oxygen atoms in total. The van der Waals surface area contributed by atoms with E-state index in [9.17, 15) is 9.90 Å². The number of hydrogen-bond acceptors (Lipinski definition) is 4. The Morgan fingerprint density at radius 3 is 2.48 bits per heavy atom. The van der Waals surface area contributed by atoms with Gasteiger partial charge in [-0.05, 0) is 45.0 Å². The minimum absolute atomic E-state index is 0.0922. The van der Waals surface area contributed by atoms with Crippen LogP contribution in [0.5, 0.6) is 0 Å². The molecule has 0 spiro atoms. The van der Waals surface area contributed by atoms with Crippen LogP contribution in [0.2, 0.25) is 0 Å². The molecule has 0 saturated carbocycles. The number of hydrogen-bond donors (Lipinski definition) is 3. The van der Waals surface area contributed by atoms with E-state index < -0.39 is 11.7 Å². The van der Waals surface area contributed by atoms with Gasteiger partial charge in [0, 0.05) is 0 Å². The Labute approximate surface area is 130 Å². The van der Waals surface area contributed by atoms with Crippen LogP contribution in [-0.4, -0.2) is 34.6 Å². The van der Waals surface area contributed by atoms with E-state index >= 15 is 0 Å². The van der Waals surface area contributed by atoms with Crippen LogP contribution in [0, 0.1) is 0 Å². The van der Waals surface area contributed by atoms with E-state index in [0.717, 1.165) is 5.56 Å². The highest BCUT2D eigenvalue weighted by Gasteiger charge is 2.18. The lowest BCUT2D eigenvalue weighted by molar-refractivity contribution is 0.0562. The predicted octanol–water partition coefficient (Wildman–Crippen LogP) is 1.99. The fraction of sp³-hybridized carbons (Fsp3) is 0.467. The number of ether oxygens (including phenoxy) is 1. The molecule has 0 heterocycles. The Hall–Kier alpha value is -1.66. The van der Waals surface area contributed by atoms with Gasteiger partial charge in [0.15, 0.2) is 5.11 Å². The summed E-state index contributed by atoms with van der Waals surface area (Å²) < 4.78 is 5.10. The van der Waals surface area contributed by atoms with E-state index in [-0.39, 0.29) is 17.8 Å². The van der Waals surface area contributed by atoms with E-state index in [2.05, 4.69) is 10.6 Å². The number of benzene rings is 1. The molecule has 1 amide bonds. The Morgan fingerprint density at radius 2 is 1.95 bits per heavy atom. The zero-order chi connectivity index (χ0) is 15.9. The average molecular weight is 310 g/mol. The summed E-state index contributed by atoms with van der Waals surface area (Å²) in [7, 11) is 0. The Bertz CT molecular complexity index is 472. The van der Waals surface area contributed by atoms with Gasteiger partial charge >= 0.3 is 6.09 Å². The summed E-state index contributed by atoms with van der Waals surface area (Å²) in [6, 6.07) is 9.46. The van der Waals surface area contributed by atoms with Gasteiger partial charge in [0.1, 0.15) is 5.60 Å². The van der Waals surface area contributed by atoms with Crippen LogP contribution in [-0.2, 0) is 11.2 Å². The number of nitrogens with one attached hydrogen (secondary N) is 2. The standard InChI is InChI=1S/C15H22N2O3S/c1-15(2,3)20-14(19)17-13(21)16-12(10-18)9-11-7-5-4-6-8-11/h4-8,12,18H,9-10H2,1-3H3,(H2,16,17,19,21)/t12-/m0/s1. The molecule has 1 aromatic rings. The SMILES string of the molecule is CC(C)(C)OC(=O)NC(=S)N[C@H](CO)Cc1ccccc1. The van der Waals surface area contributed by atoms with Crippen molar-refractivity contribution in [2.75, 3.05) is 6.61 Å². The third kappa shape index (κ3) is 7.63. The van der Waals surface area contributed by atoms with Gasteiger partial charge in [0.25, 0.3) is 0 Å². The van der Waals surface area contributed by atoms with Crippen molar-refractivity contribution >= 4 is 23.4 Å². The highest BCUT2D eigenvalue weighted by molar-refractivity contribution is 7.80. The number of amides is 1. The minimum atomic E-state index is -0.614. The molecule has 21 heavy (non-hydrogen) atoms. The van der Waals surface area contributed by atoms with Gasteiger partial charge in [-0.2, -0.15) is 0 Å². The van der Waals surface area contributed by atoms with Crippen LogP contribution in [0.4, 0.5) is 4.79 Å². The van der Waals surface area contributed by atoms with Gasteiger partial charge in [0.2, 0.25) is 0 Å². The van der Waals surface area contributed by atoms with Gasteiger partial charge in [-0.3, -0.25) is 5.32 Å². The normalized spacial score (nSPS) is 12.4. The number of aliphatic hydroxyl groups excluding tert-OH is 1. The first-order valence-corrected chi connectivity index (χ1v) is 7.16. The summed E-state index contributed by atoms with van der Waals surface area (Å²) in [5.74, 6) is 0. The fourth-order valence-electron chi connectivity index (χ4n) is 1.68. The molecule has 0 bridgehead atoms. The minimum Gasteiger partial charge on any atom is -0.444 e. The smallest absolute Gasteiger partial charge is 0.413 e. The summed E-state index contributed by atoms with van der Waals surface area (Å²) in [5.41, 5.74) is 0.490. The molecule has 116 valence electrons. The maximum absolute atomic E-state index is 11.6. The Balaban J connectivity index is 2.46. The molecule has 3 N–H and O–H groups in total. The summed E-state index contributed by atoms with van der Waals surface area (Å²) >= 11 is 5.04. The van der Waals surface area contributed by atoms with Crippen molar-refractivity contribution in [3.63, 3.8) is 0 Å². The van der Waals surface area contributed by atoms with Crippen molar-refractivity contribution in [2.24, 2.45) is 0 Å². The maximum Gasteiger partial charge on any atom is 0.413 e. The van der Waals surface area contributed by atoms with Crippen molar-refractivity contribution in [3.05, 3.63) is 35.9 Å². The van der Waals surface area contributed by atoms with Crippen LogP contribution < -0.4 is 10.6 Å². The molecular formula is C15H22N2O3S. The Morgan fingerprint density at radius 1 is 1.33 bits per heavy atom. The quantitative estimate of drug-likeness (QED) is 0.742. The molecule has 0 aliphatic heterocycles. The van der Waals surface area contributed by atoms with Crippen LogP contribution in [0.15, 0.2) is 30.3 Å². The first kappa shape index (κ1) is 17.4. The van der Waals surface area contributed by atoms with Crippen molar-refractivity contribution in [3.8, 4) is 0 Å². The van der Waals surface area contributed by atoms with Gasteiger partial charge in [0.05, 0.1) is 12.6 Å². The van der Waals surface area contributed by atoms with Crippen molar-refractivity contribution in [2.45, 2.75) is 38.8 Å². The lowest BCUT2D eigenvalue weighted by atomic mass is 10.1. The van der Waals surface area contributed by atoms with Crippen molar-refractivity contribution < 1.29 is 14.6 Å². The molecule has 1 rings (SSSR count).